The second-order valence-electron chi connectivity index (χ2n) is 30.1. The van der Waals surface area contributed by atoms with E-state index in [-0.39, 0.29) is 5.92 Å². The summed E-state index contributed by atoms with van der Waals surface area (Å²) in [5.74, 6) is -0.00116. The van der Waals surface area contributed by atoms with E-state index in [4.69, 9.17) is 0 Å². The van der Waals surface area contributed by atoms with Crippen LogP contribution >= 0.6 is 0 Å². The van der Waals surface area contributed by atoms with Crippen molar-refractivity contribution in [2.75, 3.05) is 4.90 Å². The van der Waals surface area contributed by atoms with Crippen molar-refractivity contribution in [2.45, 2.75) is 241 Å². The highest BCUT2D eigenvalue weighted by Gasteiger charge is 2.33. The molecule has 8 aromatic carbocycles. The van der Waals surface area contributed by atoms with Gasteiger partial charge in [0, 0.05) is 28.1 Å². The first kappa shape index (κ1) is 66.9. The Morgan fingerprint density at radius 3 is 1.10 bits per heavy atom. The quantitative estimate of drug-likeness (QED) is 0.0181. The molecule has 0 spiro atoms. The van der Waals surface area contributed by atoms with Crippen LogP contribution in [0.3, 0.4) is 0 Å². The van der Waals surface area contributed by atoms with Gasteiger partial charge in [0.25, 0.3) is 0 Å². The van der Waals surface area contributed by atoms with E-state index >= 15 is 0 Å². The van der Waals surface area contributed by atoms with Gasteiger partial charge in [-0.05, 0) is 143 Å². The van der Waals surface area contributed by atoms with Crippen LogP contribution in [0.1, 0.15) is 175 Å². The zero-order valence-corrected chi connectivity index (χ0v) is 61.0. The Morgan fingerprint density at radius 1 is 0.302 bits per heavy atom. The number of nitrogens with zero attached hydrogens (tertiary/aromatic N) is 1. The van der Waals surface area contributed by atoms with E-state index in [0.29, 0.717) is 0 Å². The van der Waals surface area contributed by atoms with Crippen molar-refractivity contribution < 1.29 is 0 Å². The average Bonchev–Trinajstić information content (AvgIpc) is 1.30. The highest BCUT2D eigenvalue weighted by atomic mass is 28.3. The van der Waals surface area contributed by atoms with Crippen molar-refractivity contribution in [1.82, 2.24) is 0 Å². The number of benzene rings is 8. The van der Waals surface area contributed by atoms with Gasteiger partial charge in [0.15, 0.2) is 0 Å². The third-order valence-corrected chi connectivity index (χ3v) is 26.6. The molecule has 8 rings (SSSR count). The largest absolute Gasteiger partial charge is 0.309 e. The Labute approximate surface area is 529 Å². The number of rotatable bonds is 31. The number of aryl methyl sites for hydroxylation is 4. The highest BCUT2D eigenvalue weighted by Crippen LogP contribution is 2.51. The molecule has 0 aliphatic heterocycles. The molecule has 0 bridgehead atoms. The molecule has 458 valence electrons. The molecule has 86 heavy (non-hydrogen) atoms. The molecule has 0 saturated carbocycles. The van der Waals surface area contributed by atoms with E-state index in [1.165, 1.54) is 191 Å². The van der Waals surface area contributed by atoms with Crippen molar-refractivity contribution in [1.29, 1.82) is 0 Å². The Balaban J connectivity index is 1.58. The monoisotopic (exact) mass is 1210 g/mol. The lowest BCUT2D eigenvalue weighted by Gasteiger charge is -2.34. The Bertz CT molecular complexity index is 3360. The van der Waals surface area contributed by atoms with Crippen molar-refractivity contribution in [2.24, 2.45) is 0 Å². The summed E-state index contributed by atoms with van der Waals surface area (Å²) in [5.41, 5.74) is 16.8. The van der Waals surface area contributed by atoms with Gasteiger partial charge in [0.2, 0.25) is 0 Å². The van der Waals surface area contributed by atoms with E-state index in [2.05, 4.69) is 257 Å². The van der Waals surface area contributed by atoms with E-state index in [1.54, 1.807) is 20.7 Å². The fourth-order valence-electron chi connectivity index (χ4n) is 13.2. The molecule has 0 aliphatic rings. The van der Waals surface area contributed by atoms with E-state index in [1.807, 2.05) is 0 Å². The molecule has 0 aliphatic carbocycles. The lowest BCUT2D eigenvalue weighted by atomic mass is 9.78. The molecule has 8 aromatic rings. The van der Waals surface area contributed by atoms with Gasteiger partial charge >= 0.3 is 0 Å². The first-order valence-electron chi connectivity index (χ1n) is 34.4. The Morgan fingerprint density at radius 2 is 0.674 bits per heavy atom. The summed E-state index contributed by atoms with van der Waals surface area (Å²) in [4.78, 5) is 2.82. The van der Waals surface area contributed by atoms with Gasteiger partial charge in [-0.25, -0.2) is 0 Å². The number of hydrogen-bond donors (Lipinski definition) is 0. The van der Waals surface area contributed by atoms with Crippen LogP contribution in [0.15, 0.2) is 146 Å². The summed E-state index contributed by atoms with van der Waals surface area (Å²) in [7, 11) is -7.25. The molecule has 0 N–H and O–H groups in total. The van der Waals surface area contributed by atoms with Crippen LogP contribution < -0.4 is 25.6 Å². The molecule has 5 heteroatoms. The average molecular weight is 1210 g/mol. The second-order valence-corrected chi connectivity index (χ2v) is 50.5. The van der Waals surface area contributed by atoms with Crippen molar-refractivity contribution in [3.63, 3.8) is 0 Å². The predicted octanol–water partition coefficient (Wildman–Crippen LogP) is 23.0. The lowest BCUT2D eigenvalue weighted by Crippen LogP contribution is -2.45. The fraction of sp³-hybridized carbons (Fsp3) is 0.457. The first-order valence-corrected chi connectivity index (χ1v) is 48.4. The molecular weight excluding hydrogens is 1100 g/mol. The number of unbranched alkanes of at least 4 members (excludes halogenated alkanes) is 12. The first-order chi connectivity index (χ1) is 41.0. The third kappa shape index (κ3) is 17.2. The fourth-order valence-corrected chi connectivity index (χ4v) is 18.2. The summed E-state index contributed by atoms with van der Waals surface area (Å²) in [6, 6.07) is 60.5. The number of anilines is 3. The molecule has 0 amide bonds. The van der Waals surface area contributed by atoms with Gasteiger partial charge in [0.1, 0.15) is 0 Å². The summed E-state index contributed by atoms with van der Waals surface area (Å²) < 4.78 is 0. The molecule has 0 saturated heterocycles. The minimum Gasteiger partial charge on any atom is -0.309 e. The predicted molar refractivity (Wildman–Crippen MR) is 399 cm³/mol. The molecule has 0 heterocycles. The standard InChI is InChI=1S/C81H113NSi4/c1-17-21-25-30-38-61-48-62(39-31-26-22-18-2)51-67(50-61)79(68-54-71(83(5,6)7)59-72(55-68)84(8,9)10)80-75-44-36-37-45-77(75)81(78-56-66(46-47-76(78)80)65-42-34-29-35-43-65)82(70-57-73(85(11,12)13)60-74(58-70)86(14,15)16)69-52-63(40-32-27-23-19-3)49-64(53-69)41-33-28-24-20-4/h29,34-37,42-60,79H,17-28,30-33,38-41H2,1-16H3. The SMILES string of the molecule is CCCCCCc1cc(CCCCCC)cc(C(c2cc([Si](C)(C)C)cc([Si](C)(C)C)c2)c2c3ccccc3c(N(c3cc(CCCCCC)cc(CCCCCC)c3)c3cc([Si](C)(C)C)cc([Si](C)(C)C)c3)c3cc(-c4ccccc4)ccc23)c1. The normalized spacial score (nSPS) is 12.8. The molecule has 0 fully saturated rings. The number of fused-ring (bicyclic) bond motifs is 2. The van der Waals surface area contributed by atoms with Crippen LogP contribution in [-0.2, 0) is 25.7 Å². The van der Waals surface area contributed by atoms with Gasteiger partial charge in [-0.2, -0.15) is 0 Å². The highest BCUT2D eigenvalue weighted by molar-refractivity contribution is 6.92. The molecule has 1 unspecified atom stereocenters. The van der Waals surface area contributed by atoms with Crippen LogP contribution in [0.2, 0.25) is 78.6 Å². The lowest BCUT2D eigenvalue weighted by molar-refractivity contribution is 0.660. The van der Waals surface area contributed by atoms with E-state index in [0.717, 1.165) is 25.7 Å². The van der Waals surface area contributed by atoms with E-state index in [9.17, 15) is 0 Å². The topological polar surface area (TPSA) is 3.24 Å². The maximum atomic E-state index is 2.82. The van der Waals surface area contributed by atoms with Crippen LogP contribution in [-0.4, -0.2) is 32.3 Å². The van der Waals surface area contributed by atoms with Crippen molar-refractivity contribution in [3.05, 3.63) is 185 Å². The minimum atomic E-state index is -1.83. The molecular formula is C81H113NSi4. The summed E-state index contributed by atoms with van der Waals surface area (Å²) in [6.45, 7) is 40.2. The Hall–Kier alpha value is -5.05. The van der Waals surface area contributed by atoms with Crippen molar-refractivity contribution >= 4 is 91.6 Å². The minimum absolute atomic E-state index is 0.00116. The summed E-state index contributed by atoms with van der Waals surface area (Å²) in [5, 5.41) is 11.6. The summed E-state index contributed by atoms with van der Waals surface area (Å²) in [6.07, 6.45) is 24.7. The second kappa shape index (κ2) is 30.0. The van der Waals surface area contributed by atoms with Gasteiger partial charge in [-0.15, -0.1) is 0 Å². The van der Waals surface area contributed by atoms with Crippen LogP contribution in [0, 0.1) is 0 Å². The summed E-state index contributed by atoms with van der Waals surface area (Å²) >= 11 is 0. The maximum absolute atomic E-state index is 2.82. The van der Waals surface area contributed by atoms with Crippen molar-refractivity contribution in [3.8, 4) is 11.1 Å². The van der Waals surface area contributed by atoms with Gasteiger partial charge in [-0.1, -0.05) is 319 Å². The molecule has 0 radical (unpaired) electrons. The van der Waals surface area contributed by atoms with E-state index < -0.39 is 32.3 Å². The molecule has 0 aromatic heterocycles. The zero-order valence-electron chi connectivity index (χ0n) is 57.0. The molecule has 1 atom stereocenters. The Kier molecular flexibility index (Phi) is 23.3. The smallest absolute Gasteiger partial charge is 0.0776 e. The third-order valence-electron chi connectivity index (χ3n) is 18.6. The van der Waals surface area contributed by atoms with Crippen LogP contribution in [0.25, 0.3) is 32.7 Å². The van der Waals surface area contributed by atoms with Crippen LogP contribution in [0.5, 0.6) is 0 Å². The zero-order chi connectivity index (χ0) is 61.8. The maximum Gasteiger partial charge on any atom is 0.0776 e. The van der Waals surface area contributed by atoms with Gasteiger partial charge < -0.3 is 4.90 Å². The van der Waals surface area contributed by atoms with Gasteiger partial charge in [0.05, 0.1) is 38.0 Å². The number of hydrogen-bond acceptors (Lipinski definition) is 1. The molecule has 1 nitrogen and oxygen atoms in total. The van der Waals surface area contributed by atoms with Gasteiger partial charge in [-0.3, -0.25) is 0 Å². The van der Waals surface area contributed by atoms with Crippen LogP contribution in [0.4, 0.5) is 17.1 Å².